The molecule has 1 aliphatic heterocycles. The van der Waals surface area contributed by atoms with Crippen LogP contribution in [-0.4, -0.2) is 40.1 Å². The molecule has 0 aromatic carbocycles. The van der Waals surface area contributed by atoms with E-state index >= 15 is 0 Å². The van der Waals surface area contributed by atoms with E-state index in [-0.39, 0.29) is 5.56 Å². The van der Waals surface area contributed by atoms with Crippen LogP contribution in [-0.2, 0) is 17.4 Å². The molecule has 0 amide bonds. The predicted molar refractivity (Wildman–Crippen MR) is 64.8 cm³/mol. The van der Waals surface area contributed by atoms with Gasteiger partial charge >= 0.3 is 5.69 Å². The number of aliphatic hydroxyl groups is 1. The Balaban J connectivity index is 2.68. The Bertz CT molecular complexity index is 679. The lowest BCUT2D eigenvalue weighted by Gasteiger charge is -2.29. The van der Waals surface area contributed by atoms with E-state index < -0.39 is 42.3 Å². The molecule has 108 valence electrons. The highest BCUT2D eigenvalue weighted by molar-refractivity contribution is 5.23. The van der Waals surface area contributed by atoms with Gasteiger partial charge in [-0.1, -0.05) is 5.11 Å². The quantitative estimate of drug-likeness (QED) is 0.432. The molecular formula is C10H12FN5O4. The maximum atomic E-state index is 13.8. The molecular weight excluding hydrogens is 273 g/mol. The largest absolute Gasteiger partial charge is 0.393 e. The standard InChI is InChI=1S/C10H12FN5O4/c1-16-2-5(8(18)13-9(16)19)10(4-17)7(14-15-12)6(11)3-20-10/h2,6-7,17H,3-4H2,1H3,(H,13,18,19)/t6-,7-,10+/m0/s1. The van der Waals surface area contributed by atoms with E-state index in [4.69, 9.17) is 10.3 Å². The summed E-state index contributed by atoms with van der Waals surface area (Å²) < 4.78 is 20.0. The molecule has 1 saturated heterocycles. The van der Waals surface area contributed by atoms with E-state index in [0.717, 1.165) is 10.8 Å². The van der Waals surface area contributed by atoms with Gasteiger partial charge in [0.05, 0.1) is 18.8 Å². The van der Waals surface area contributed by atoms with Crippen LogP contribution in [0.4, 0.5) is 4.39 Å². The van der Waals surface area contributed by atoms with Crippen molar-refractivity contribution in [2.45, 2.75) is 17.8 Å². The molecule has 2 N–H and O–H groups in total. The number of hydrogen-bond acceptors (Lipinski definition) is 5. The Labute approximate surface area is 111 Å². The topological polar surface area (TPSA) is 133 Å². The average Bonchev–Trinajstić information content (AvgIpc) is 2.73. The summed E-state index contributed by atoms with van der Waals surface area (Å²) in [6.07, 6.45) is -0.523. The van der Waals surface area contributed by atoms with Gasteiger partial charge in [-0.2, -0.15) is 0 Å². The minimum Gasteiger partial charge on any atom is -0.393 e. The number of halogens is 1. The zero-order chi connectivity index (χ0) is 14.9. The highest BCUT2D eigenvalue weighted by Crippen LogP contribution is 2.38. The fourth-order valence-corrected chi connectivity index (χ4v) is 2.24. The molecule has 2 heterocycles. The summed E-state index contributed by atoms with van der Waals surface area (Å²) in [5.74, 6) is 0. The third-order valence-corrected chi connectivity index (χ3v) is 3.30. The molecule has 10 heteroatoms. The van der Waals surface area contributed by atoms with Crippen LogP contribution in [0, 0.1) is 0 Å². The van der Waals surface area contributed by atoms with Gasteiger partial charge in [0.2, 0.25) is 0 Å². The number of nitrogens with zero attached hydrogens (tertiary/aromatic N) is 4. The third-order valence-electron chi connectivity index (χ3n) is 3.30. The van der Waals surface area contributed by atoms with Crippen LogP contribution in [0.25, 0.3) is 10.4 Å². The molecule has 0 bridgehead atoms. The molecule has 1 aliphatic rings. The van der Waals surface area contributed by atoms with E-state index in [0.29, 0.717) is 0 Å². The van der Waals surface area contributed by atoms with E-state index in [1.54, 1.807) is 0 Å². The summed E-state index contributed by atoms with van der Waals surface area (Å²) in [7, 11) is 1.37. The fourth-order valence-electron chi connectivity index (χ4n) is 2.24. The third kappa shape index (κ3) is 1.99. The highest BCUT2D eigenvalue weighted by atomic mass is 19.1. The van der Waals surface area contributed by atoms with Crippen LogP contribution >= 0.6 is 0 Å². The van der Waals surface area contributed by atoms with Gasteiger partial charge in [-0.05, 0) is 5.53 Å². The Morgan fingerprint density at radius 3 is 3.05 bits per heavy atom. The first kappa shape index (κ1) is 14.3. The van der Waals surface area contributed by atoms with Gasteiger partial charge < -0.3 is 14.4 Å². The molecule has 0 aliphatic carbocycles. The molecule has 0 spiro atoms. The molecule has 0 unspecified atom stereocenters. The summed E-state index contributed by atoms with van der Waals surface area (Å²) in [4.78, 5) is 27.7. The van der Waals surface area contributed by atoms with E-state index in [2.05, 4.69) is 10.0 Å². The Hall–Kier alpha value is -2.16. The molecule has 0 radical (unpaired) electrons. The first-order chi connectivity index (χ1) is 9.46. The summed E-state index contributed by atoms with van der Waals surface area (Å²) in [5, 5.41) is 12.8. The second-order valence-corrected chi connectivity index (χ2v) is 4.44. The van der Waals surface area contributed by atoms with Crippen molar-refractivity contribution in [1.29, 1.82) is 0 Å². The van der Waals surface area contributed by atoms with Crippen LogP contribution in [0.15, 0.2) is 20.9 Å². The zero-order valence-electron chi connectivity index (χ0n) is 10.5. The molecule has 1 fully saturated rings. The van der Waals surface area contributed by atoms with Crippen molar-refractivity contribution in [3.05, 3.63) is 43.0 Å². The predicted octanol–water partition coefficient (Wildman–Crippen LogP) is -0.692. The van der Waals surface area contributed by atoms with Crippen LogP contribution in [0.2, 0.25) is 0 Å². The molecule has 1 aromatic heterocycles. The van der Waals surface area contributed by atoms with Crippen molar-refractivity contribution in [2.24, 2.45) is 12.2 Å². The van der Waals surface area contributed by atoms with E-state index in [9.17, 15) is 19.1 Å². The van der Waals surface area contributed by atoms with Gasteiger partial charge in [-0.15, -0.1) is 0 Å². The van der Waals surface area contributed by atoms with Crippen LogP contribution < -0.4 is 11.2 Å². The van der Waals surface area contributed by atoms with E-state index in [1.165, 1.54) is 7.05 Å². The average molecular weight is 285 g/mol. The molecule has 1 aromatic rings. The molecule has 3 atom stereocenters. The van der Waals surface area contributed by atoms with Crippen molar-refractivity contribution >= 4 is 0 Å². The number of aromatic amines is 1. The summed E-state index contributed by atoms with van der Waals surface area (Å²) >= 11 is 0. The Morgan fingerprint density at radius 1 is 1.75 bits per heavy atom. The number of H-pyrrole nitrogens is 1. The van der Waals surface area contributed by atoms with E-state index in [1.807, 2.05) is 4.98 Å². The minimum atomic E-state index is -1.80. The maximum absolute atomic E-state index is 13.8. The first-order valence-electron chi connectivity index (χ1n) is 5.70. The lowest BCUT2D eigenvalue weighted by atomic mass is 9.88. The lowest BCUT2D eigenvalue weighted by molar-refractivity contribution is -0.0523. The van der Waals surface area contributed by atoms with Gasteiger partial charge in [0, 0.05) is 18.2 Å². The highest BCUT2D eigenvalue weighted by Gasteiger charge is 2.52. The Morgan fingerprint density at radius 2 is 2.45 bits per heavy atom. The van der Waals surface area contributed by atoms with Crippen molar-refractivity contribution < 1.29 is 14.2 Å². The van der Waals surface area contributed by atoms with Crippen molar-refractivity contribution in [1.82, 2.24) is 9.55 Å². The number of aliphatic hydroxyl groups excluding tert-OH is 1. The second-order valence-electron chi connectivity index (χ2n) is 4.44. The number of rotatable bonds is 3. The number of aromatic nitrogens is 2. The first-order valence-corrected chi connectivity index (χ1v) is 5.70. The number of ether oxygens (including phenoxy) is 1. The molecule has 2 rings (SSSR count). The van der Waals surface area contributed by atoms with Crippen LogP contribution in [0.3, 0.4) is 0 Å². The maximum Gasteiger partial charge on any atom is 0.328 e. The lowest BCUT2D eigenvalue weighted by Crippen LogP contribution is -2.47. The monoisotopic (exact) mass is 285 g/mol. The van der Waals surface area contributed by atoms with Crippen molar-refractivity contribution in [3.63, 3.8) is 0 Å². The van der Waals surface area contributed by atoms with Gasteiger partial charge in [0.15, 0.2) is 0 Å². The van der Waals surface area contributed by atoms with Gasteiger partial charge in [0.1, 0.15) is 17.8 Å². The Kier molecular flexibility index (Phi) is 3.62. The van der Waals surface area contributed by atoms with Gasteiger partial charge in [0.25, 0.3) is 5.56 Å². The summed E-state index contributed by atoms with van der Waals surface area (Å²) in [6.45, 7) is -1.19. The summed E-state index contributed by atoms with van der Waals surface area (Å²) in [6, 6.07) is -1.39. The molecule has 9 nitrogen and oxygen atoms in total. The van der Waals surface area contributed by atoms with Gasteiger partial charge in [-0.3, -0.25) is 9.78 Å². The summed E-state index contributed by atoms with van der Waals surface area (Å²) in [5.41, 5.74) is 5.04. The minimum absolute atomic E-state index is 0.167. The number of nitrogens with one attached hydrogen (secondary N) is 1. The number of alkyl halides is 1. The number of azide groups is 1. The molecule has 20 heavy (non-hydrogen) atoms. The second kappa shape index (κ2) is 5.08. The smallest absolute Gasteiger partial charge is 0.328 e. The van der Waals surface area contributed by atoms with Crippen molar-refractivity contribution in [3.8, 4) is 0 Å². The normalized spacial score (nSPS) is 29.1. The zero-order valence-corrected chi connectivity index (χ0v) is 10.5. The van der Waals surface area contributed by atoms with Gasteiger partial charge in [-0.25, -0.2) is 9.18 Å². The molecule has 0 saturated carbocycles. The number of aryl methyl sites for hydroxylation is 1. The van der Waals surface area contributed by atoms with Crippen LogP contribution in [0.1, 0.15) is 5.56 Å². The number of hydrogen-bond donors (Lipinski definition) is 2. The fraction of sp³-hybridized carbons (Fsp3) is 0.600. The van der Waals surface area contributed by atoms with Crippen molar-refractivity contribution in [2.75, 3.05) is 13.2 Å². The van der Waals surface area contributed by atoms with Crippen LogP contribution in [0.5, 0.6) is 0 Å². The SMILES string of the molecule is Cn1cc([C@@]2(CO)OC[C@H](F)[C@@H]2N=[N+]=[N-])c(=O)[nH]c1=O.